The number of furan rings is 1. The lowest BCUT2D eigenvalue weighted by atomic mass is 10.1. The molecule has 1 atom stereocenters. The van der Waals surface area contributed by atoms with Crippen molar-refractivity contribution in [3.63, 3.8) is 0 Å². The van der Waals surface area contributed by atoms with Gasteiger partial charge in [-0.3, -0.25) is 0 Å². The Morgan fingerprint density at radius 1 is 1.40 bits per heavy atom. The number of hydrogen-bond donors (Lipinski definition) is 2. The Morgan fingerprint density at radius 3 is 2.80 bits per heavy atom. The zero-order valence-electron chi connectivity index (χ0n) is 8.73. The maximum atomic E-state index is 8.84. The summed E-state index contributed by atoms with van der Waals surface area (Å²) >= 11 is 0. The van der Waals surface area contributed by atoms with Crippen molar-refractivity contribution in [2.75, 3.05) is 6.61 Å². The molecular formula is C12H15NO2. The average Bonchev–Trinajstić information content (AvgIpc) is 2.57. The molecule has 2 aromatic rings. The maximum absolute atomic E-state index is 8.84. The fourth-order valence-corrected chi connectivity index (χ4v) is 1.82. The molecule has 0 aliphatic rings. The standard InChI is InChI=1S/C12H15NO2/c1-8-9-4-2-3-5-11(9)15-12(8)10(13)6-7-14/h2-5,10,14H,6-7,13H2,1H3. The van der Waals surface area contributed by atoms with Gasteiger partial charge in [0.05, 0.1) is 6.04 Å². The molecule has 80 valence electrons. The number of para-hydroxylation sites is 1. The summed E-state index contributed by atoms with van der Waals surface area (Å²) in [6, 6.07) is 7.64. The Kier molecular flexibility index (Phi) is 2.75. The lowest BCUT2D eigenvalue weighted by molar-refractivity contribution is 0.269. The molecule has 1 heterocycles. The van der Waals surface area contributed by atoms with Crippen molar-refractivity contribution in [3.05, 3.63) is 35.6 Å². The molecule has 0 fully saturated rings. The fraction of sp³-hybridized carbons (Fsp3) is 0.333. The van der Waals surface area contributed by atoms with Crippen LogP contribution in [0.25, 0.3) is 11.0 Å². The van der Waals surface area contributed by atoms with Crippen molar-refractivity contribution < 1.29 is 9.52 Å². The van der Waals surface area contributed by atoms with Gasteiger partial charge in [0.1, 0.15) is 11.3 Å². The molecule has 3 N–H and O–H groups in total. The summed E-state index contributed by atoms with van der Waals surface area (Å²) in [7, 11) is 0. The molecule has 1 unspecified atom stereocenters. The van der Waals surface area contributed by atoms with Crippen LogP contribution in [0.15, 0.2) is 28.7 Å². The summed E-state index contributed by atoms with van der Waals surface area (Å²) in [4.78, 5) is 0. The third-order valence-corrected chi connectivity index (χ3v) is 2.66. The van der Waals surface area contributed by atoms with Crippen molar-refractivity contribution in [1.29, 1.82) is 0 Å². The van der Waals surface area contributed by atoms with Gasteiger partial charge in [0.15, 0.2) is 0 Å². The summed E-state index contributed by atoms with van der Waals surface area (Å²) in [5.41, 5.74) is 7.85. The molecule has 15 heavy (non-hydrogen) atoms. The zero-order chi connectivity index (χ0) is 10.8. The van der Waals surface area contributed by atoms with Gasteiger partial charge in [-0.2, -0.15) is 0 Å². The first kappa shape index (κ1) is 10.2. The van der Waals surface area contributed by atoms with E-state index in [0.717, 1.165) is 22.3 Å². The second-order valence-electron chi connectivity index (χ2n) is 3.71. The van der Waals surface area contributed by atoms with E-state index in [1.54, 1.807) is 0 Å². The monoisotopic (exact) mass is 205 g/mol. The molecule has 3 heteroatoms. The number of fused-ring (bicyclic) bond motifs is 1. The summed E-state index contributed by atoms with van der Waals surface area (Å²) in [5, 5.41) is 9.94. The Hall–Kier alpha value is -1.32. The van der Waals surface area contributed by atoms with Gasteiger partial charge in [0.2, 0.25) is 0 Å². The van der Waals surface area contributed by atoms with E-state index in [1.165, 1.54) is 0 Å². The van der Waals surface area contributed by atoms with E-state index < -0.39 is 0 Å². The molecular weight excluding hydrogens is 190 g/mol. The molecule has 0 radical (unpaired) electrons. The van der Waals surface area contributed by atoms with Crippen molar-refractivity contribution in [3.8, 4) is 0 Å². The van der Waals surface area contributed by atoms with Crippen LogP contribution in [0.2, 0.25) is 0 Å². The van der Waals surface area contributed by atoms with Crippen LogP contribution in [-0.4, -0.2) is 11.7 Å². The van der Waals surface area contributed by atoms with E-state index in [9.17, 15) is 0 Å². The van der Waals surface area contributed by atoms with Gasteiger partial charge in [-0.15, -0.1) is 0 Å². The molecule has 0 spiro atoms. The minimum Gasteiger partial charge on any atom is -0.459 e. The number of hydrogen-bond acceptors (Lipinski definition) is 3. The van der Waals surface area contributed by atoms with Crippen molar-refractivity contribution in [2.45, 2.75) is 19.4 Å². The van der Waals surface area contributed by atoms with Gasteiger partial charge >= 0.3 is 0 Å². The molecule has 0 amide bonds. The van der Waals surface area contributed by atoms with Crippen LogP contribution in [0.4, 0.5) is 0 Å². The Balaban J connectivity index is 2.48. The highest BCUT2D eigenvalue weighted by molar-refractivity contribution is 5.82. The quantitative estimate of drug-likeness (QED) is 0.806. The Bertz CT molecular complexity index is 462. The number of nitrogens with two attached hydrogens (primary N) is 1. The smallest absolute Gasteiger partial charge is 0.134 e. The van der Waals surface area contributed by atoms with Crippen LogP contribution in [0.3, 0.4) is 0 Å². The topological polar surface area (TPSA) is 59.4 Å². The third kappa shape index (κ3) is 1.76. The molecule has 1 aromatic carbocycles. The van der Waals surface area contributed by atoms with E-state index >= 15 is 0 Å². The first-order chi connectivity index (χ1) is 7.24. The van der Waals surface area contributed by atoms with Gasteiger partial charge in [-0.1, -0.05) is 18.2 Å². The first-order valence-corrected chi connectivity index (χ1v) is 5.08. The molecule has 3 nitrogen and oxygen atoms in total. The average molecular weight is 205 g/mol. The minimum atomic E-state index is -0.220. The highest BCUT2D eigenvalue weighted by Crippen LogP contribution is 2.29. The number of aliphatic hydroxyl groups is 1. The second-order valence-corrected chi connectivity index (χ2v) is 3.71. The lowest BCUT2D eigenvalue weighted by Crippen LogP contribution is -2.11. The van der Waals surface area contributed by atoms with E-state index in [1.807, 2.05) is 31.2 Å². The van der Waals surface area contributed by atoms with Crippen molar-refractivity contribution >= 4 is 11.0 Å². The summed E-state index contributed by atoms with van der Waals surface area (Å²) < 4.78 is 5.68. The van der Waals surface area contributed by atoms with Crippen LogP contribution >= 0.6 is 0 Å². The summed E-state index contributed by atoms with van der Waals surface area (Å²) in [5.74, 6) is 0.783. The minimum absolute atomic E-state index is 0.0810. The van der Waals surface area contributed by atoms with Crippen LogP contribution < -0.4 is 5.73 Å². The summed E-state index contributed by atoms with van der Waals surface area (Å²) in [6.45, 7) is 2.08. The van der Waals surface area contributed by atoms with Gasteiger partial charge in [0.25, 0.3) is 0 Å². The number of benzene rings is 1. The van der Waals surface area contributed by atoms with Gasteiger partial charge < -0.3 is 15.3 Å². The third-order valence-electron chi connectivity index (χ3n) is 2.66. The molecule has 0 aliphatic carbocycles. The lowest BCUT2D eigenvalue weighted by Gasteiger charge is -2.06. The van der Waals surface area contributed by atoms with E-state index in [4.69, 9.17) is 15.3 Å². The van der Waals surface area contributed by atoms with Crippen LogP contribution in [-0.2, 0) is 0 Å². The second kappa shape index (κ2) is 4.04. The highest BCUT2D eigenvalue weighted by atomic mass is 16.3. The van der Waals surface area contributed by atoms with Crippen LogP contribution in [0.1, 0.15) is 23.8 Å². The van der Waals surface area contributed by atoms with Crippen molar-refractivity contribution in [1.82, 2.24) is 0 Å². The van der Waals surface area contributed by atoms with E-state index in [-0.39, 0.29) is 12.6 Å². The van der Waals surface area contributed by atoms with E-state index in [0.29, 0.717) is 6.42 Å². The number of aryl methyl sites for hydroxylation is 1. The normalized spacial score (nSPS) is 13.3. The predicted octanol–water partition coefficient (Wildman–Crippen LogP) is 2.12. The van der Waals surface area contributed by atoms with Crippen molar-refractivity contribution in [2.24, 2.45) is 5.73 Å². The Labute approximate surface area is 88.5 Å². The van der Waals surface area contributed by atoms with Gasteiger partial charge in [-0.05, 0) is 25.0 Å². The highest BCUT2D eigenvalue weighted by Gasteiger charge is 2.15. The predicted molar refractivity (Wildman–Crippen MR) is 59.6 cm³/mol. The zero-order valence-corrected chi connectivity index (χ0v) is 8.73. The molecule has 0 saturated heterocycles. The molecule has 2 rings (SSSR count). The fourth-order valence-electron chi connectivity index (χ4n) is 1.82. The Morgan fingerprint density at radius 2 is 2.13 bits per heavy atom. The van der Waals surface area contributed by atoms with Crippen LogP contribution in [0.5, 0.6) is 0 Å². The first-order valence-electron chi connectivity index (χ1n) is 5.08. The van der Waals surface area contributed by atoms with Gasteiger partial charge in [-0.25, -0.2) is 0 Å². The molecule has 0 saturated carbocycles. The SMILES string of the molecule is Cc1c(C(N)CCO)oc2ccccc12. The largest absolute Gasteiger partial charge is 0.459 e. The molecule has 0 aliphatic heterocycles. The van der Waals surface area contributed by atoms with Gasteiger partial charge in [0, 0.05) is 12.0 Å². The molecule has 1 aromatic heterocycles. The van der Waals surface area contributed by atoms with Crippen LogP contribution in [0, 0.1) is 6.92 Å². The number of aliphatic hydroxyl groups excluding tert-OH is 1. The summed E-state index contributed by atoms with van der Waals surface area (Å²) in [6.07, 6.45) is 0.528. The molecule has 0 bridgehead atoms. The van der Waals surface area contributed by atoms with E-state index in [2.05, 4.69) is 0 Å². The number of rotatable bonds is 3. The maximum Gasteiger partial charge on any atom is 0.134 e.